The quantitative estimate of drug-likeness (QED) is 0.225. The number of aliphatic hydroxyl groups excluding tert-OH is 2. The number of rotatable bonds is 10. The first kappa shape index (κ1) is 31.7. The maximum Gasteiger partial charge on any atom is 0.337 e. The van der Waals surface area contributed by atoms with Crippen LogP contribution >= 0.6 is 0 Å². The van der Waals surface area contributed by atoms with Gasteiger partial charge in [0.15, 0.2) is 0 Å². The van der Waals surface area contributed by atoms with Gasteiger partial charge in [0.2, 0.25) is 0 Å². The fourth-order valence-electron chi connectivity index (χ4n) is 4.94. The standard InChI is InChI=1S/C35H34O10/c1-41-33(38)26-7-3-22(4-8-26)24-11-15-28(16-12-24)43-19-30-31(36)32(37)35(40,21-45-30)20-44-29-17-13-25(14-18-29)23-5-9-27(10-6-23)34(39)42-2/h3-18,30-32,36-37,40H,19-21H2,1-2H3/t30-,31-,32+,35+/m1/s1. The largest absolute Gasteiger partial charge is 0.491 e. The molecule has 10 nitrogen and oxygen atoms in total. The summed E-state index contributed by atoms with van der Waals surface area (Å²) in [5.74, 6) is 0.173. The normalized spacial score (nSPS) is 21.0. The van der Waals surface area contributed by atoms with Crippen LogP contribution in [0.5, 0.6) is 11.5 Å². The molecule has 1 saturated heterocycles. The zero-order valence-corrected chi connectivity index (χ0v) is 24.8. The van der Waals surface area contributed by atoms with Crippen molar-refractivity contribution in [2.45, 2.75) is 23.9 Å². The first-order chi connectivity index (χ1) is 21.7. The fourth-order valence-corrected chi connectivity index (χ4v) is 4.94. The zero-order valence-electron chi connectivity index (χ0n) is 24.8. The van der Waals surface area contributed by atoms with Crippen LogP contribution < -0.4 is 9.47 Å². The number of aliphatic hydroxyl groups is 3. The van der Waals surface area contributed by atoms with Gasteiger partial charge < -0.3 is 39.0 Å². The Kier molecular flexibility index (Phi) is 9.80. The molecule has 0 aliphatic carbocycles. The summed E-state index contributed by atoms with van der Waals surface area (Å²) < 4.78 is 26.7. The third-order valence-corrected chi connectivity index (χ3v) is 7.69. The van der Waals surface area contributed by atoms with Crippen LogP contribution in [0.3, 0.4) is 0 Å². The maximum atomic E-state index is 11.6. The van der Waals surface area contributed by atoms with Gasteiger partial charge in [0, 0.05) is 0 Å². The van der Waals surface area contributed by atoms with Gasteiger partial charge in [-0.05, 0) is 70.8 Å². The molecule has 0 unspecified atom stereocenters. The minimum Gasteiger partial charge on any atom is -0.491 e. The van der Waals surface area contributed by atoms with Crippen molar-refractivity contribution in [2.24, 2.45) is 0 Å². The monoisotopic (exact) mass is 614 g/mol. The third-order valence-electron chi connectivity index (χ3n) is 7.69. The van der Waals surface area contributed by atoms with Crippen molar-refractivity contribution in [3.8, 4) is 33.8 Å². The fraction of sp³-hybridized carbons (Fsp3) is 0.257. The Morgan fingerprint density at radius 1 is 0.689 bits per heavy atom. The van der Waals surface area contributed by atoms with Crippen molar-refractivity contribution >= 4 is 11.9 Å². The molecular weight excluding hydrogens is 580 g/mol. The highest BCUT2D eigenvalue weighted by Crippen LogP contribution is 2.29. The molecule has 4 aromatic carbocycles. The van der Waals surface area contributed by atoms with Crippen LogP contribution in [0.4, 0.5) is 0 Å². The van der Waals surface area contributed by atoms with Crippen LogP contribution in [0.2, 0.25) is 0 Å². The van der Waals surface area contributed by atoms with Gasteiger partial charge in [-0.1, -0.05) is 48.5 Å². The molecule has 1 fully saturated rings. The number of methoxy groups -OCH3 is 2. The van der Waals surface area contributed by atoms with Crippen molar-refractivity contribution in [3.63, 3.8) is 0 Å². The highest BCUT2D eigenvalue weighted by atomic mass is 16.6. The molecule has 0 radical (unpaired) electrons. The first-order valence-corrected chi connectivity index (χ1v) is 14.2. The van der Waals surface area contributed by atoms with Crippen LogP contribution in [-0.4, -0.2) is 85.2 Å². The van der Waals surface area contributed by atoms with E-state index in [1.54, 1.807) is 48.5 Å². The summed E-state index contributed by atoms with van der Waals surface area (Å²) in [7, 11) is 2.67. The Hall–Kier alpha value is -4.74. The molecule has 0 amide bonds. The van der Waals surface area contributed by atoms with Gasteiger partial charge in [-0.15, -0.1) is 0 Å². The van der Waals surface area contributed by atoms with Crippen molar-refractivity contribution in [3.05, 3.63) is 108 Å². The third kappa shape index (κ3) is 7.33. The molecule has 0 saturated carbocycles. The zero-order chi connectivity index (χ0) is 32.0. The van der Waals surface area contributed by atoms with E-state index in [1.807, 2.05) is 48.5 Å². The number of carbonyl (C=O) groups excluding carboxylic acids is 2. The van der Waals surface area contributed by atoms with Gasteiger partial charge in [0.1, 0.15) is 48.6 Å². The second-order valence-electron chi connectivity index (χ2n) is 10.7. The summed E-state index contributed by atoms with van der Waals surface area (Å²) in [6, 6.07) is 28.4. The molecule has 1 heterocycles. The lowest BCUT2D eigenvalue weighted by Crippen LogP contribution is -2.64. The highest BCUT2D eigenvalue weighted by Gasteiger charge is 2.49. The van der Waals surface area contributed by atoms with Gasteiger partial charge >= 0.3 is 11.9 Å². The molecule has 0 spiro atoms. The van der Waals surface area contributed by atoms with Crippen LogP contribution in [0.1, 0.15) is 20.7 Å². The minimum absolute atomic E-state index is 0.0512. The second kappa shape index (κ2) is 13.9. The van der Waals surface area contributed by atoms with E-state index < -0.39 is 35.9 Å². The number of carbonyl (C=O) groups is 2. The van der Waals surface area contributed by atoms with E-state index in [-0.39, 0.29) is 19.8 Å². The Morgan fingerprint density at radius 2 is 1.09 bits per heavy atom. The number of esters is 2. The Balaban J connectivity index is 1.11. The van der Waals surface area contributed by atoms with Crippen LogP contribution in [0, 0.1) is 0 Å². The highest BCUT2D eigenvalue weighted by molar-refractivity contribution is 5.90. The molecule has 5 rings (SSSR count). The summed E-state index contributed by atoms with van der Waals surface area (Å²) in [5.41, 5.74) is 2.68. The summed E-state index contributed by atoms with van der Waals surface area (Å²) in [4.78, 5) is 23.3. The summed E-state index contributed by atoms with van der Waals surface area (Å²) in [6.45, 7) is -0.636. The molecule has 4 aromatic rings. The average molecular weight is 615 g/mol. The smallest absolute Gasteiger partial charge is 0.337 e. The lowest BCUT2D eigenvalue weighted by Gasteiger charge is -2.42. The van der Waals surface area contributed by atoms with Gasteiger partial charge in [0.05, 0.1) is 32.0 Å². The minimum atomic E-state index is -1.84. The van der Waals surface area contributed by atoms with E-state index in [2.05, 4.69) is 0 Å². The molecule has 1 aliphatic rings. The molecular formula is C35H34O10. The molecule has 3 N–H and O–H groups in total. The van der Waals surface area contributed by atoms with E-state index in [0.717, 1.165) is 22.3 Å². The Morgan fingerprint density at radius 3 is 1.51 bits per heavy atom. The molecule has 45 heavy (non-hydrogen) atoms. The lowest BCUT2D eigenvalue weighted by atomic mass is 9.89. The molecule has 0 bridgehead atoms. The SMILES string of the molecule is COC(=O)c1ccc(-c2ccc(OC[C@H]3OC[C@@](O)(COc4ccc(-c5ccc(C(=O)OC)cc5)cc4)[C@@H](O)[C@@H]3O)cc2)cc1. The maximum absolute atomic E-state index is 11.6. The number of ether oxygens (including phenoxy) is 5. The van der Waals surface area contributed by atoms with Crippen molar-refractivity contribution in [1.29, 1.82) is 0 Å². The molecule has 1 aliphatic heterocycles. The summed E-state index contributed by atoms with van der Waals surface area (Å²) in [5, 5.41) is 32.5. The molecule has 234 valence electrons. The molecule has 0 aromatic heterocycles. The number of hydrogen-bond acceptors (Lipinski definition) is 10. The van der Waals surface area contributed by atoms with Gasteiger partial charge in [-0.25, -0.2) is 9.59 Å². The number of hydrogen-bond donors (Lipinski definition) is 3. The van der Waals surface area contributed by atoms with E-state index in [1.165, 1.54) is 14.2 Å². The van der Waals surface area contributed by atoms with Crippen molar-refractivity contribution < 1.29 is 48.6 Å². The van der Waals surface area contributed by atoms with Gasteiger partial charge in [0.25, 0.3) is 0 Å². The Labute approximate surface area is 260 Å². The van der Waals surface area contributed by atoms with E-state index in [9.17, 15) is 24.9 Å². The van der Waals surface area contributed by atoms with Crippen LogP contribution in [-0.2, 0) is 14.2 Å². The predicted molar refractivity (Wildman–Crippen MR) is 164 cm³/mol. The van der Waals surface area contributed by atoms with E-state index >= 15 is 0 Å². The van der Waals surface area contributed by atoms with Gasteiger partial charge in [-0.3, -0.25) is 0 Å². The predicted octanol–water partition coefficient (Wildman–Crippen LogP) is 3.90. The number of benzene rings is 4. The van der Waals surface area contributed by atoms with Crippen LogP contribution in [0.15, 0.2) is 97.1 Å². The van der Waals surface area contributed by atoms with E-state index in [0.29, 0.717) is 22.6 Å². The molecule has 4 atom stereocenters. The van der Waals surface area contributed by atoms with Crippen LogP contribution in [0.25, 0.3) is 22.3 Å². The Bertz CT molecular complexity index is 1580. The van der Waals surface area contributed by atoms with E-state index in [4.69, 9.17) is 23.7 Å². The second-order valence-corrected chi connectivity index (χ2v) is 10.7. The summed E-state index contributed by atoms with van der Waals surface area (Å²) in [6.07, 6.45) is -3.84. The van der Waals surface area contributed by atoms with Gasteiger partial charge in [-0.2, -0.15) is 0 Å². The summed E-state index contributed by atoms with van der Waals surface area (Å²) >= 11 is 0. The first-order valence-electron chi connectivity index (χ1n) is 14.2. The topological polar surface area (TPSA) is 141 Å². The van der Waals surface area contributed by atoms with Crippen molar-refractivity contribution in [1.82, 2.24) is 0 Å². The lowest BCUT2D eigenvalue weighted by molar-refractivity contribution is -0.245. The molecule has 10 heteroatoms. The van der Waals surface area contributed by atoms with Crippen molar-refractivity contribution in [2.75, 3.05) is 34.0 Å². The average Bonchev–Trinajstić information content (AvgIpc) is 3.09.